The van der Waals surface area contributed by atoms with Crippen LogP contribution in [0.3, 0.4) is 0 Å². The van der Waals surface area contributed by atoms with Gasteiger partial charge in [0.25, 0.3) is 0 Å². The van der Waals surface area contributed by atoms with Gasteiger partial charge in [0.2, 0.25) is 5.91 Å². The molecule has 3 rings (SSSR count). The number of rotatable bonds is 7. The number of nitrogens with zero attached hydrogens (tertiary/aromatic N) is 3. The molecule has 140 valence electrons. The van der Waals surface area contributed by atoms with Crippen molar-refractivity contribution in [2.24, 2.45) is 5.92 Å². The van der Waals surface area contributed by atoms with Gasteiger partial charge in [-0.3, -0.25) is 9.69 Å². The molecule has 0 saturated carbocycles. The van der Waals surface area contributed by atoms with Crippen LogP contribution in [0.1, 0.15) is 44.9 Å². The molecule has 1 unspecified atom stereocenters. The van der Waals surface area contributed by atoms with Crippen molar-refractivity contribution in [1.82, 2.24) is 19.8 Å². The maximum atomic E-state index is 12.5. The van der Waals surface area contributed by atoms with Crippen LogP contribution in [0.25, 0.3) is 0 Å². The molecular formula is C19H32N4O2. The largest absolute Gasteiger partial charge is 0.381 e. The van der Waals surface area contributed by atoms with Gasteiger partial charge in [-0.1, -0.05) is 6.92 Å². The van der Waals surface area contributed by atoms with E-state index in [4.69, 9.17) is 4.74 Å². The molecule has 0 bridgehead atoms. The Morgan fingerprint density at radius 2 is 2.20 bits per heavy atom. The van der Waals surface area contributed by atoms with Gasteiger partial charge in [0.05, 0.1) is 5.92 Å². The molecule has 6 heteroatoms. The number of amides is 1. The Bertz CT molecular complexity index is 539. The van der Waals surface area contributed by atoms with Gasteiger partial charge >= 0.3 is 0 Å². The van der Waals surface area contributed by atoms with Crippen molar-refractivity contribution >= 4 is 5.91 Å². The lowest BCUT2D eigenvalue weighted by Gasteiger charge is -2.39. The highest BCUT2D eigenvalue weighted by Gasteiger charge is 2.30. The summed E-state index contributed by atoms with van der Waals surface area (Å²) >= 11 is 0. The van der Waals surface area contributed by atoms with E-state index in [1.807, 2.05) is 12.4 Å². The fourth-order valence-electron chi connectivity index (χ4n) is 4.07. The predicted octanol–water partition coefficient (Wildman–Crippen LogP) is 1.84. The van der Waals surface area contributed by atoms with Crippen molar-refractivity contribution in [3.05, 3.63) is 18.2 Å². The van der Waals surface area contributed by atoms with Gasteiger partial charge in [0.15, 0.2) is 0 Å². The van der Waals surface area contributed by atoms with Crippen molar-refractivity contribution in [2.75, 3.05) is 32.8 Å². The second-order valence-corrected chi connectivity index (χ2v) is 7.21. The number of aromatic nitrogens is 2. The van der Waals surface area contributed by atoms with Gasteiger partial charge in [-0.05, 0) is 38.6 Å². The van der Waals surface area contributed by atoms with Gasteiger partial charge < -0.3 is 14.6 Å². The number of carbonyl (C=O) groups is 1. The lowest BCUT2D eigenvalue weighted by molar-refractivity contribution is -0.127. The zero-order valence-corrected chi connectivity index (χ0v) is 15.5. The number of nitrogens with one attached hydrogen (secondary N) is 1. The molecule has 6 nitrogen and oxygen atoms in total. The van der Waals surface area contributed by atoms with Crippen LogP contribution in [-0.4, -0.2) is 59.2 Å². The topological polar surface area (TPSA) is 59.4 Å². The molecule has 2 saturated heterocycles. The van der Waals surface area contributed by atoms with E-state index >= 15 is 0 Å². The Morgan fingerprint density at radius 1 is 1.36 bits per heavy atom. The molecule has 0 radical (unpaired) electrons. The van der Waals surface area contributed by atoms with Crippen LogP contribution in [0, 0.1) is 5.92 Å². The average molecular weight is 348 g/mol. The third-order valence-corrected chi connectivity index (χ3v) is 5.52. The smallest absolute Gasteiger partial charge is 0.224 e. The van der Waals surface area contributed by atoms with Gasteiger partial charge in [0.1, 0.15) is 5.82 Å². The molecule has 25 heavy (non-hydrogen) atoms. The standard InChI is InChI=1S/C19H32N4O2/c1-2-18-20-9-12-22(18)11-4-8-21-19(24)16-5-3-10-23(15-16)17-6-13-25-14-7-17/h9,12,16-17H,2-8,10-11,13-15H2,1H3,(H,21,24). The van der Waals surface area contributed by atoms with Gasteiger partial charge in [0, 0.05) is 57.7 Å². The summed E-state index contributed by atoms with van der Waals surface area (Å²) in [7, 11) is 0. The molecule has 1 aromatic rings. The molecule has 1 amide bonds. The number of hydrogen-bond donors (Lipinski definition) is 1. The Morgan fingerprint density at radius 3 is 3.00 bits per heavy atom. The molecule has 0 spiro atoms. The molecule has 1 aromatic heterocycles. The molecular weight excluding hydrogens is 316 g/mol. The summed E-state index contributed by atoms with van der Waals surface area (Å²) in [5.74, 6) is 1.50. The predicted molar refractivity (Wildman–Crippen MR) is 97.4 cm³/mol. The highest BCUT2D eigenvalue weighted by Crippen LogP contribution is 2.23. The summed E-state index contributed by atoms with van der Waals surface area (Å²) in [5.41, 5.74) is 0. The van der Waals surface area contributed by atoms with Crippen molar-refractivity contribution in [2.45, 2.75) is 58.0 Å². The van der Waals surface area contributed by atoms with Crippen molar-refractivity contribution in [3.63, 3.8) is 0 Å². The van der Waals surface area contributed by atoms with E-state index in [2.05, 4.69) is 26.7 Å². The third-order valence-electron chi connectivity index (χ3n) is 5.52. The summed E-state index contributed by atoms with van der Waals surface area (Å²) in [4.78, 5) is 19.4. The van der Waals surface area contributed by atoms with Crippen LogP contribution in [-0.2, 0) is 22.5 Å². The molecule has 2 fully saturated rings. The van der Waals surface area contributed by atoms with Gasteiger partial charge in [-0.2, -0.15) is 0 Å². The van der Waals surface area contributed by atoms with Crippen LogP contribution in [0.2, 0.25) is 0 Å². The Hall–Kier alpha value is -1.40. The molecule has 3 heterocycles. The average Bonchev–Trinajstić information content (AvgIpc) is 3.13. The second kappa shape index (κ2) is 9.34. The summed E-state index contributed by atoms with van der Waals surface area (Å²) in [5, 5.41) is 3.15. The van der Waals surface area contributed by atoms with Crippen LogP contribution in [0.4, 0.5) is 0 Å². The SMILES string of the molecule is CCc1nccn1CCCNC(=O)C1CCCN(C2CCOCC2)C1. The van der Waals surface area contributed by atoms with Gasteiger partial charge in [-0.25, -0.2) is 4.98 Å². The summed E-state index contributed by atoms with van der Waals surface area (Å²) in [6.07, 6.45) is 10.1. The monoisotopic (exact) mass is 348 g/mol. The Balaban J connectivity index is 1.38. The van der Waals surface area contributed by atoms with Crippen LogP contribution >= 0.6 is 0 Å². The number of imidazole rings is 1. The summed E-state index contributed by atoms with van der Waals surface area (Å²) in [6, 6.07) is 0.609. The van der Waals surface area contributed by atoms with E-state index < -0.39 is 0 Å². The number of piperidine rings is 1. The zero-order valence-electron chi connectivity index (χ0n) is 15.5. The lowest BCUT2D eigenvalue weighted by Crippen LogP contribution is -2.48. The molecule has 2 aliphatic rings. The van der Waals surface area contributed by atoms with E-state index in [0.717, 1.165) is 83.7 Å². The zero-order chi connectivity index (χ0) is 17.5. The summed E-state index contributed by atoms with van der Waals surface area (Å²) < 4.78 is 7.65. The van der Waals surface area contributed by atoms with Crippen LogP contribution in [0.15, 0.2) is 12.4 Å². The first-order valence-corrected chi connectivity index (χ1v) is 9.87. The summed E-state index contributed by atoms with van der Waals surface area (Å²) in [6.45, 7) is 7.56. The maximum absolute atomic E-state index is 12.5. The number of carbonyl (C=O) groups excluding carboxylic acids is 1. The number of aryl methyl sites for hydroxylation is 2. The van der Waals surface area contributed by atoms with Crippen molar-refractivity contribution in [1.29, 1.82) is 0 Å². The molecule has 1 atom stereocenters. The van der Waals surface area contributed by atoms with Crippen LogP contribution in [0.5, 0.6) is 0 Å². The van der Waals surface area contributed by atoms with Gasteiger partial charge in [-0.15, -0.1) is 0 Å². The third kappa shape index (κ3) is 5.05. The molecule has 0 aromatic carbocycles. The number of likely N-dealkylation sites (tertiary alicyclic amines) is 1. The Kier molecular flexibility index (Phi) is 6.87. The van der Waals surface area contributed by atoms with E-state index in [1.54, 1.807) is 0 Å². The van der Waals surface area contributed by atoms with Crippen molar-refractivity contribution in [3.8, 4) is 0 Å². The Labute approximate surface area is 150 Å². The lowest BCUT2D eigenvalue weighted by atomic mass is 9.94. The highest BCUT2D eigenvalue weighted by molar-refractivity contribution is 5.78. The van der Waals surface area contributed by atoms with E-state index in [1.165, 1.54) is 0 Å². The maximum Gasteiger partial charge on any atom is 0.224 e. The van der Waals surface area contributed by atoms with E-state index in [9.17, 15) is 4.79 Å². The molecule has 2 aliphatic heterocycles. The number of ether oxygens (including phenoxy) is 1. The first kappa shape index (κ1) is 18.4. The van der Waals surface area contributed by atoms with Crippen LogP contribution < -0.4 is 5.32 Å². The molecule has 1 N–H and O–H groups in total. The van der Waals surface area contributed by atoms with E-state index in [0.29, 0.717) is 6.04 Å². The molecule has 0 aliphatic carbocycles. The van der Waals surface area contributed by atoms with Crippen molar-refractivity contribution < 1.29 is 9.53 Å². The minimum atomic E-state index is 0.149. The minimum absolute atomic E-state index is 0.149. The quantitative estimate of drug-likeness (QED) is 0.764. The first-order chi connectivity index (χ1) is 12.3. The first-order valence-electron chi connectivity index (χ1n) is 9.87. The fourth-order valence-corrected chi connectivity index (χ4v) is 4.07. The highest BCUT2D eigenvalue weighted by atomic mass is 16.5. The normalized spacial score (nSPS) is 22.8. The fraction of sp³-hybridized carbons (Fsp3) is 0.789. The van der Waals surface area contributed by atoms with E-state index in [-0.39, 0.29) is 11.8 Å². The number of hydrogen-bond acceptors (Lipinski definition) is 4. The minimum Gasteiger partial charge on any atom is -0.381 e. The second-order valence-electron chi connectivity index (χ2n) is 7.21.